The van der Waals surface area contributed by atoms with Crippen molar-refractivity contribution in [3.8, 4) is 0 Å². The van der Waals surface area contributed by atoms with Crippen LogP contribution in [0.1, 0.15) is 36.6 Å². The lowest BCUT2D eigenvalue weighted by molar-refractivity contribution is 0.111. The van der Waals surface area contributed by atoms with Gasteiger partial charge in [-0.15, -0.1) is 0 Å². The fraction of sp³-hybridized carbons (Fsp3) is 0.647. The normalized spacial score (nSPS) is 12.9. The zero-order chi connectivity index (χ0) is 15.0. The molecule has 1 rings (SSSR count). The van der Waals surface area contributed by atoms with Crippen molar-refractivity contribution in [2.45, 2.75) is 33.7 Å². The Bertz CT molecular complexity index is 393. The predicted octanol–water partition coefficient (Wildman–Crippen LogP) is 2.92. The first kappa shape index (κ1) is 17.2. The fourth-order valence-corrected chi connectivity index (χ4v) is 2.46. The first-order chi connectivity index (χ1) is 9.62. The van der Waals surface area contributed by atoms with Crippen LogP contribution in [0.25, 0.3) is 0 Å². The second-order valence-corrected chi connectivity index (χ2v) is 5.29. The number of aryl methyl sites for hydroxylation is 2. The summed E-state index contributed by atoms with van der Waals surface area (Å²) in [4.78, 5) is 2.44. The van der Waals surface area contributed by atoms with Gasteiger partial charge in [0, 0.05) is 25.7 Å². The molecule has 0 aromatic heterocycles. The molecule has 0 aliphatic rings. The van der Waals surface area contributed by atoms with Crippen molar-refractivity contribution < 1.29 is 4.74 Å². The van der Waals surface area contributed by atoms with Crippen molar-refractivity contribution >= 4 is 0 Å². The molecule has 1 atom stereocenters. The molecule has 1 N–H and O–H groups in total. The van der Waals surface area contributed by atoms with Gasteiger partial charge in [-0.3, -0.25) is 4.90 Å². The van der Waals surface area contributed by atoms with Gasteiger partial charge in [0.2, 0.25) is 0 Å². The standard InChI is InChI=1S/C17H30N2O/c1-6-19(10-11-20-7-2)13-17(18-5)16-12-14(3)8-9-15(16)4/h8-9,12,17-18H,6-7,10-11,13H2,1-5H3. The lowest BCUT2D eigenvalue weighted by Gasteiger charge is -2.27. The highest BCUT2D eigenvalue weighted by atomic mass is 16.5. The third-order valence-electron chi connectivity index (χ3n) is 3.80. The molecule has 0 amide bonds. The van der Waals surface area contributed by atoms with Gasteiger partial charge in [0.15, 0.2) is 0 Å². The molecule has 0 radical (unpaired) electrons. The summed E-state index contributed by atoms with van der Waals surface area (Å²) in [7, 11) is 2.04. The van der Waals surface area contributed by atoms with E-state index in [1.165, 1.54) is 16.7 Å². The minimum atomic E-state index is 0.372. The molecule has 3 heteroatoms. The molecular weight excluding hydrogens is 248 g/mol. The van der Waals surface area contributed by atoms with Gasteiger partial charge in [-0.1, -0.05) is 30.7 Å². The minimum Gasteiger partial charge on any atom is -0.380 e. The Morgan fingerprint density at radius 2 is 2.00 bits per heavy atom. The molecule has 0 bridgehead atoms. The number of ether oxygens (including phenoxy) is 1. The third kappa shape index (κ3) is 5.23. The number of benzene rings is 1. The van der Waals surface area contributed by atoms with Crippen LogP contribution in [-0.2, 0) is 4.74 Å². The summed E-state index contributed by atoms with van der Waals surface area (Å²) < 4.78 is 5.47. The van der Waals surface area contributed by atoms with Gasteiger partial charge >= 0.3 is 0 Å². The molecule has 0 aliphatic carbocycles. The largest absolute Gasteiger partial charge is 0.380 e. The molecule has 0 saturated heterocycles. The zero-order valence-electron chi connectivity index (χ0n) is 13.7. The van der Waals surface area contributed by atoms with E-state index in [0.29, 0.717) is 6.04 Å². The number of nitrogens with one attached hydrogen (secondary N) is 1. The topological polar surface area (TPSA) is 24.5 Å². The molecule has 0 aliphatic heterocycles. The highest BCUT2D eigenvalue weighted by Gasteiger charge is 2.15. The van der Waals surface area contributed by atoms with Gasteiger partial charge in [-0.2, -0.15) is 0 Å². The average molecular weight is 278 g/mol. The Hall–Kier alpha value is -0.900. The van der Waals surface area contributed by atoms with Gasteiger partial charge in [-0.25, -0.2) is 0 Å². The van der Waals surface area contributed by atoms with Crippen LogP contribution in [0, 0.1) is 13.8 Å². The van der Waals surface area contributed by atoms with Crippen LogP contribution < -0.4 is 5.32 Å². The van der Waals surface area contributed by atoms with Crippen LogP contribution in [0.2, 0.25) is 0 Å². The molecule has 0 saturated carbocycles. The van der Waals surface area contributed by atoms with E-state index in [1.54, 1.807) is 0 Å². The lowest BCUT2D eigenvalue weighted by atomic mass is 9.98. The number of rotatable bonds is 9. The minimum absolute atomic E-state index is 0.372. The Balaban J connectivity index is 2.71. The zero-order valence-corrected chi connectivity index (χ0v) is 13.7. The molecule has 0 fully saturated rings. The van der Waals surface area contributed by atoms with E-state index in [9.17, 15) is 0 Å². The van der Waals surface area contributed by atoms with Crippen LogP contribution >= 0.6 is 0 Å². The second-order valence-electron chi connectivity index (χ2n) is 5.29. The van der Waals surface area contributed by atoms with E-state index in [-0.39, 0.29) is 0 Å². The van der Waals surface area contributed by atoms with Crippen molar-refractivity contribution in [2.75, 3.05) is 39.9 Å². The van der Waals surface area contributed by atoms with E-state index in [2.05, 4.69) is 49.2 Å². The number of hydrogen-bond donors (Lipinski definition) is 1. The molecule has 20 heavy (non-hydrogen) atoms. The smallest absolute Gasteiger partial charge is 0.0593 e. The highest BCUT2D eigenvalue weighted by Crippen LogP contribution is 2.20. The lowest BCUT2D eigenvalue weighted by Crippen LogP contribution is -2.36. The summed E-state index contributed by atoms with van der Waals surface area (Å²) in [5.41, 5.74) is 4.08. The van der Waals surface area contributed by atoms with Crippen LogP contribution in [0.15, 0.2) is 18.2 Å². The van der Waals surface area contributed by atoms with Gasteiger partial charge in [0.25, 0.3) is 0 Å². The Labute approximate surface area is 124 Å². The molecule has 0 spiro atoms. The monoisotopic (exact) mass is 278 g/mol. The maximum absolute atomic E-state index is 5.47. The number of nitrogens with zero attached hydrogens (tertiary/aromatic N) is 1. The van der Waals surface area contributed by atoms with Gasteiger partial charge in [0.1, 0.15) is 0 Å². The summed E-state index contributed by atoms with van der Waals surface area (Å²) in [5.74, 6) is 0. The summed E-state index contributed by atoms with van der Waals surface area (Å²) in [5, 5.41) is 3.46. The molecule has 0 heterocycles. The first-order valence-corrected chi connectivity index (χ1v) is 7.66. The summed E-state index contributed by atoms with van der Waals surface area (Å²) in [6.07, 6.45) is 0. The van der Waals surface area contributed by atoms with Crippen LogP contribution in [0.3, 0.4) is 0 Å². The van der Waals surface area contributed by atoms with Crippen molar-refractivity contribution in [1.29, 1.82) is 0 Å². The third-order valence-corrected chi connectivity index (χ3v) is 3.80. The van der Waals surface area contributed by atoms with Crippen molar-refractivity contribution in [2.24, 2.45) is 0 Å². The van der Waals surface area contributed by atoms with E-state index in [1.807, 2.05) is 14.0 Å². The van der Waals surface area contributed by atoms with Crippen LogP contribution in [-0.4, -0.2) is 44.8 Å². The summed E-state index contributed by atoms with van der Waals surface area (Å²) >= 11 is 0. The van der Waals surface area contributed by atoms with E-state index >= 15 is 0 Å². The maximum atomic E-state index is 5.47. The van der Waals surface area contributed by atoms with Crippen molar-refractivity contribution in [3.05, 3.63) is 34.9 Å². The molecular formula is C17H30N2O. The maximum Gasteiger partial charge on any atom is 0.0593 e. The fourth-order valence-electron chi connectivity index (χ4n) is 2.46. The summed E-state index contributed by atoms with van der Waals surface area (Å²) in [6, 6.07) is 7.06. The van der Waals surface area contributed by atoms with Gasteiger partial charge in [0.05, 0.1) is 6.61 Å². The average Bonchev–Trinajstić information content (AvgIpc) is 2.45. The Morgan fingerprint density at radius 1 is 1.25 bits per heavy atom. The SMILES string of the molecule is CCOCCN(CC)CC(NC)c1cc(C)ccc1C. The Kier molecular flexibility index (Phi) is 7.82. The van der Waals surface area contributed by atoms with Crippen LogP contribution in [0.5, 0.6) is 0 Å². The molecule has 1 unspecified atom stereocenters. The molecule has 1 aromatic rings. The summed E-state index contributed by atoms with van der Waals surface area (Å²) in [6.45, 7) is 13.3. The van der Waals surface area contributed by atoms with Gasteiger partial charge in [-0.05, 0) is 45.5 Å². The van der Waals surface area contributed by atoms with E-state index in [4.69, 9.17) is 4.74 Å². The number of hydrogen-bond acceptors (Lipinski definition) is 3. The molecule has 3 nitrogen and oxygen atoms in total. The molecule has 1 aromatic carbocycles. The van der Waals surface area contributed by atoms with Crippen molar-refractivity contribution in [3.63, 3.8) is 0 Å². The highest BCUT2D eigenvalue weighted by molar-refractivity contribution is 5.33. The van der Waals surface area contributed by atoms with Crippen LogP contribution in [0.4, 0.5) is 0 Å². The predicted molar refractivity (Wildman–Crippen MR) is 86.3 cm³/mol. The van der Waals surface area contributed by atoms with E-state index in [0.717, 1.165) is 32.8 Å². The quantitative estimate of drug-likeness (QED) is 0.703. The number of likely N-dealkylation sites (N-methyl/N-ethyl adjacent to an activating group) is 2. The first-order valence-electron chi connectivity index (χ1n) is 7.66. The van der Waals surface area contributed by atoms with E-state index < -0.39 is 0 Å². The van der Waals surface area contributed by atoms with Gasteiger partial charge < -0.3 is 10.1 Å². The Morgan fingerprint density at radius 3 is 2.60 bits per heavy atom. The second kappa shape index (κ2) is 9.11. The van der Waals surface area contributed by atoms with Crippen molar-refractivity contribution in [1.82, 2.24) is 10.2 Å². The molecule has 114 valence electrons.